The highest BCUT2D eigenvalue weighted by Gasteiger charge is 2.26. The number of hydrogen-bond acceptors (Lipinski definition) is 5. The Kier molecular flexibility index (Phi) is 7.96. The van der Waals surface area contributed by atoms with Crippen molar-refractivity contribution < 1.29 is 14.3 Å². The van der Waals surface area contributed by atoms with Crippen LogP contribution in [0.4, 0.5) is 11.4 Å². The lowest BCUT2D eigenvalue weighted by molar-refractivity contribution is -0.116. The summed E-state index contributed by atoms with van der Waals surface area (Å²) in [5.41, 5.74) is 1.82. The van der Waals surface area contributed by atoms with Crippen LogP contribution in [0.25, 0.3) is 0 Å². The molecule has 33 heavy (non-hydrogen) atoms. The van der Waals surface area contributed by atoms with Crippen LogP contribution in [0.15, 0.2) is 48.5 Å². The fourth-order valence-electron chi connectivity index (χ4n) is 4.75. The number of nitrogens with one attached hydrogen (secondary N) is 2. The molecule has 7 nitrogen and oxygen atoms in total. The Bertz CT molecular complexity index is 933. The summed E-state index contributed by atoms with van der Waals surface area (Å²) in [5.74, 6) is 0.378. The average molecular weight is 451 g/mol. The SMILES string of the molecule is COc1ccccc1NC(=O)c1ccc(NC(=O)CCN2CCN(C3CCCC3)CC2)cc1. The highest BCUT2D eigenvalue weighted by atomic mass is 16.5. The van der Waals surface area contributed by atoms with Crippen molar-refractivity contribution in [2.24, 2.45) is 0 Å². The van der Waals surface area contributed by atoms with E-state index in [9.17, 15) is 9.59 Å². The van der Waals surface area contributed by atoms with E-state index in [0.717, 1.165) is 38.8 Å². The van der Waals surface area contributed by atoms with E-state index < -0.39 is 0 Å². The van der Waals surface area contributed by atoms with Gasteiger partial charge in [-0.3, -0.25) is 14.5 Å². The van der Waals surface area contributed by atoms with Crippen molar-refractivity contribution >= 4 is 23.2 Å². The molecule has 176 valence electrons. The molecular formula is C26H34N4O3. The van der Waals surface area contributed by atoms with Crippen LogP contribution in [0.1, 0.15) is 42.5 Å². The van der Waals surface area contributed by atoms with Crippen molar-refractivity contribution in [3.63, 3.8) is 0 Å². The molecule has 4 rings (SSSR count). The second kappa shape index (κ2) is 11.3. The van der Waals surface area contributed by atoms with E-state index in [1.807, 2.05) is 12.1 Å². The molecule has 7 heteroatoms. The van der Waals surface area contributed by atoms with Crippen LogP contribution in [0, 0.1) is 0 Å². The number of rotatable bonds is 8. The Hall–Kier alpha value is -2.90. The summed E-state index contributed by atoms with van der Waals surface area (Å²) < 4.78 is 5.27. The van der Waals surface area contributed by atoms with Crippen molar-refractivity contribution in [2.75, 3.05) is 50.5 Å². The standard InChI is InChI=1S/C26H34N4O3/c1-33-24-9-5-4-8-23(24)28-26(32)20-10-12-21(13-11-20)27-25(31)14-15-29-16-18-30(19-17-29)22-6-2-3-7-22/h4-5,8-13,22H,2-3,6-7,14-19H2,1H3,(H,27,31)(H,28,32). The summed E-state index contributed by atoms with van der Waals surface area (Å²) >= 11 is 0. The maximum absolute atomic E-state index is 12.5. The van der Waals surface area contributed by atoms with Crippen molar-refractivity contribution in [2.45, 2.75) is 38.1 Å². The molecule has 2 aromatic rings. The van der Waals surface area contributed by atoms with Crippen LogP contribution in [0.5, 0.6) is 5.75 Å². The second-order valence-electron chi connectivity index (χ2n) is 8.85. The van der Waals surface area contributed by atoms with Crippen LogP contribution in [-0.2, 0) is 4.79 Å². The van der Waals surface area contributed by atoms with Gasteiger partial charge < -0.3 is 20.3 Å². The molecule has 2 N–H and O–H groups in total. The van der Waals surface area contributed by atoms with Gasteiger partial charge in [-0.2, -0.15) is 0 Å². The minimum atomic E-state index is -0.228. The van der Waals surface area contributed by atoms with E-state index >= 15 is 0 Å². The Morgan fingerprint density at radius 3 is 2.33 bits per heavy atom. The fourth-order valence-corrected chi connectivity index (χ4v) is 4.75. The van der Waals surface area contributed by atoms with E-state index in [1.54, 1.807) is 43.5 Å². The van der Waals surface area contributed by atoms with Crippen molar-refractivity contribution in [1.29, 1.82) is 0 Å². The predicted octanol–water partition coefficient (Wildman–Crippen LogP) is 3.84. The highest BCUT2D eigenvalue weighted by molar-refractivity contribution is 6.05. The number of amides is 2. The van der Waals surface area contributed by atoms with E-state index in [1.165, 1.54) is 25.7 Å². The molecule has 2 aromatic carbocycles. The molecule has 1 aliphatic carbocycles. The minimum absolute atomic E-state index is 0.000513. The number of benzene rings is 2. The van der Waals surface area contributed by atoms with Gasteiger partial charge in [0.05, 0.1) is 12.8 Å². The summed E-state index contributed by atoms with van der Waals surface area (Å²) in [7, 11) is 1.57. The number of nitrogens with zero attached hydrogens (tertiary/aromatic N) is 2. The third kappa shape index (κ3) is 6.33. The first-order valence-corrected chi connectivity index (χ1v) is 11.9. The smallest absolute Gasteiger partial charge is 0.255 e. The van der Waals surface area contributed by atoms with Crippen LogP contribution in [-0.4, -0.2) is 67.5 Å². The van der Waals surface area contributed by atoms with Gasteiger partial charge in [-0.15, -0.1) is 0 Å². The Balaban J connectivity index is 1.20. The van der Waals surface area contributed by atoms with Gasteiger partial charge in [0.25, 0.3) is 5.91 Å². The fraction of sp³-hybridized carbons (Fsp3) is 0.462. The molecule has 0 bridgehead atoms. The van der Waals surface area contributed by atoms with Crippen LogP contribution >= 0.6 is 0 Å². The number of ether oxygens (including phenoxy) is 1. The lowest BCUT2D eigenvalue weighted by Crippen LogP contribution is -2.50. The largest absolute Gasteiger partial charge is 0.495 e. The van der Waals surface area contributed by atoms with Gasteiger partial charge in [-0.1, -0.05) is 25.0 Å². The van der Waals surface area contributed by atoms with Gasteiger partial charge in [0.15, 0.2) is 0 Å². The van der Waals surface area contributed by atoms with Crippen molar-refractivity contribution in [3.8, 4) is 5.75 Å². The van der Waals surface area contributed by atoms with Crippen LogP contribution in [0.3, 0.4) is 0 Å². The highest BCUT2D eigenvalue weighted by Crippen LogP contribution is 2.25. The molecule has 0 radical (unpaired) electrons. The average Bonchev–Trinajstić information content (AvgIpc) is 3.39. The molecule has 0 spiro atoms. The number of carbonyl (C=O) groups excluding carboxylic acids is 2. The maximum Gasteiger partial charge on any atom is 0.255 e. The molecule has 1 saturated heterocycles. The van der Waals surface area contributed by atoms with E-state index in [2.05, 4.69) is 20.4 Å². The lowest BCUT2D eigenvalue weighted by Gasteiger charge is -2.38. The summed E-state index contributed by atoms with van der Waals surface area (Å²) in [6.07, 6.45) is 5.92. The van der Waals surface area contributed by atoms with E-state index in [0.29, 0.717) is 29.1 Å². The third-order valence-corrected chi connectivity index (χ3v) is 6.69. The van der Waals surface area contributed by atoms with Crippen LogP contribution < -0.4 is 15.4 Å². The van der Waals surface area contributed by atoms with E-state index in [-0.39, 0.29) is 11.8 Å². The number of anilines is 2. The van der Waals surface area contributed by atoms with Crippen molar-refractivity contribution in [1.82, 2.24) is 9.80 Å². The second-order valence-corrected chi connectivity index (χ2v) is 8.85. The third-order valence-electron chi connectivity index (χ3n) is 6.69. The Morgan fingerprint density at radius 2 is 1.64 bits per heavy atom. The minimum Gasteiger partial charge on any atom is -0.495 e. The summed E-state index contributed by atoms with van der Waals surface area (Å²) in [4.78, 5) is 30.0. The summed E-state index contributed by atoms with van der Waals surface area (Å²) in [6, 6.07) is 15.0. The summed E-state index contributed by atoms with van der Waals surface area (Å²) in [5, 5.41) is 5.80. The topological polar surface area (TPSA) is 73.9 Å². The number of piperazine rings is 1. The normalized spacial score (nSPS) is 17.6. The van der Waals surface area contributed by atoms with Crippen molar-refractivity contribution in [3.05, 3.63) is 54.1 Å². The lowest BCUT2D eigenvalue weighted by atomic mass is 10.1. The van der Waals surface area contributed by atoms with Gasteiger partial charge in [0.1, 0.15) is 5.75 Å². The molecule has 2 amide bonds. The molecule has 1 heterocycles. The molecule has 1 aliphatic heterocycles. The zero-order valence-corrected chi connectivity index (χ0v) is 19.4. The number of para-hydroxylation sites is 2. The first kappa shape index (κ1) is 23.3. The number of hydrogen-bond donors (Lipinski definition) is 2. The molecule has 2 fully saturated rings. The molecule has 0 unspecified atom stereocenters. The van der Waals surface area contributed by atoms with Gasteiger partial charge in [0, 0.05) is 56.4 Å². The molecular weight excluding hydrogens is 416 g/mol. The monoisotopic (exact) mass is 450 g/mol. The van der Waals surface area contributed by atoms with Crippen LogP contribution in [0.2, 0.25) is 0 Å². The zero-order valence-electron chi connectivity index (χ0n) is 19.4. The summed E-state index contributed by atoms with van der Waals surface area (Å²) in [6.45, 7) is 5.10. The molecule has 2 aliphatic rings. The predicted molar refractivity (Wildman–Crippen MR) is 131 cm³/mol. The molecule has 0 atom stereocenters. The first-order chi connectivity index (χ1) is 16.1. The van der Waals surface area contributed by atoms with Gasteiger partial charge >= 0.3 is 0 Å². The van der Waals surface area contributed by atoms with Gasteiger partial charge in [0.2, 0.25) is 5.91 Å². The zero-order chi connectivity index (χ0) is 23.0. The van der Waals surface area contributed by atoms with E-state index in [4.69, 9.17) is 4.74 Å². The molecule has 1 saturated carbocycles. The maximum atomic E-state index is 12.5. The van der Waals surface area contributed by atoms with Gasteiger partial charge in [-0.05, 0) is 49.2 Å². The number of methoxy groups -OCH3 is 1. The quantitative estimate of drug-likeness (QED) is 0.639. The first-order valence-electron chi connectivity index (χ1n) is 11.9. The van der Waals surface area contributed by atoms with Gasteiger partial charge in [-0.25, -0.2) is 0 Å². The number of carbonyl (C=O) groups is 2. The Labute approximate surface area is 196 Å². The molecule has 0 aromatic heterocycles. The Morgan fingerprint density at radius 1 is 0.939 bits per heavy atom.